The quantitative estimate of drug-likeness (QED) is 0.295. The molecule has 248 valence electrons. The van der Waals surface area contributed by atoms with Gasteiger partial charge in [0.15, 0.2) is 0 Å². The molecule has 0 unspecified atom stereocenters. The zero-order chi connectivity index (χ0) is 31.6. The van der Waals surface area contributed by atoms with E-state index in [0.717, 1.165) is 55.0 Å². The second kappa shape index (κ2) is 11.8. The summed E-state index contributed by atoms with van der Waals surface area (Å²) in [7, 11) is 0. The van der Waals surface area contributed by atoms with Crippen molar-refractivity contribution in [1.29, 1.82) is 0 Å². The summed E-state index contributed by atoms with van der Waals surface area (Å²) in [5, 5.41) is 19.5. The molecule has 2 saturated heterocycles. The highest BCUT2D eigenvalue weighted by Crippen LogP contribution is 2.71. The second-order valence-corrected chi connectivity index (χ2v) is 16.8. The highest BCUT2D eigenvalue weighted by molar-refractivity contribution is 5.96. The van der Waals surface area contributed by atoms with E-state index >= 15 is 0 Å². The van der Waals surface area contributed by atoms with Gasteiger partial charge < -0.3 is 20.5 Å². The Morgan fingerprint density at radius 3 is 2.47 bits per heavy atom. The first-order valence-electron chi connectivity index (χ1n) is 18.3. The Balaban J connectivity index is 0.919. The van der Waals surface area contributed by atoms with Crippen LogP contribution in [0.3, 0.4) is 0 Å². The summed E-state index contributed by atoms with van der Waals surface area (Å²) in [5.74, 6) is 4.86. The first kappa shape index (κ1) is 31.5. The molecule has 2 aliphatic heterocycles. The van der Waals surface area contributed by atoms with E-state index in [0.29, 0.717) is 47.7 Å². The van der Waals surface area contributed by atoms with Crippen LogP contribution in [0.4, 0.5) is 0 Å². The van der Waals surface area contributed by atoms with Gasteiger partial charge in [0.25, 0.3) is 0 Å². The number of phenols is 1. The van der Waals surface area contributed by atoms with Crippen molar-refractivity contribution in [2.45, 2.75) is 123 Å². The minimum Gasteiger partial charge on any atom is -0.508 e. The number of piperidine rings is 1. The zero-order valence-corrected chi connectivity index (χ0v) is 28.1. The molecule has 6 aliphatic rings. The van der Waals surface area contributed by atoms with Gasteiger partial charge in [0.05, 0.1) is 6.10 Å². The molecule has 4 aliphatic carbocycles. The first-order valence-corrected chi connectivity index (χ1v) is 18.3. The molecular formula is C38H57N3O4. The summed E-state index contributed by atoms with van der Waals surface area (Å²) in [5.41, 5.74) is 1.69. The van der Waals surface area contributed by atoms with E-state index < -0.39 is 0 Å². The van der Waals surface area contributed by atoms with Crippen molar-refractivity contribution in [3.05, 3.63) is 29.8 Å². The van der Waals surface area contributed by atoms with Crippen molar-refractivity contribution in [1.82, 2.24) is 16.0 Å². The van der Waals surface area contributed by atoms with Gasteiger partial charge in [0, 0.05) is 25.0 Å². The number of amides is 2. The lowest BCUT2D eigenvalue weighted by atomic mass is 9.44. The maximum absolute atomic E-state index is 12.9. The number of ether oxygens (including phenoxy) is 1. The topological polar surface area (TPSA) is 99.7 Å². The number of carbonyl (C=O) groups is 2. The van der Waals surface area contributed by atoms with E-state index in [1.54, 1.807) is 12.1 Å². The molecule has 0 radical (unpaired) electrons. The summed E-state index contributed by atoms with van der Waals surface area (Å²) in [6.07, 6.45) is 13.2. The van der Waals surface area contributed by atoms with Crippen LogP contribution in [0, 0.1) is 52.3 Å². The van der Waals surface area contributed by atoms with Gasteiger partial charge in [-0.2, -0.15) is 0 Å². The molecule has 2 heterocycles. The number of benzene rings is 1. The van der Waals surface area contributed by atoms with Gasteiger partial charge in [-0.25, -0.2) is 0 Å². The molecule has 7 heteroatoms. The van der Waals surface area contributed by atoms with Crippen molar-refractivity contribution in [3.8, 4) is 5.75 Å². The SMILES string of the molecule is C[C@@H]1CC[C@@]2(NC1)O[C@H]1C[C@H]3[C@@H]4CC[C@@H]5C[C@@H](NC(=O)CC(=O)NCCc6ccc(O)cc6)CC[C@]5(C)[C@H]4CC[C@]3(C)[C@H]1[C@@H]2C. The minimum absolute atomic E-state index is 0.0897. The maximum Gasteiger partial charge on any atom is 0.229 e. The molecule has 7 nitrogen and oxygen atoms in total. The van der Waals surface area contributed by atoms with Crippen LogP contribution in [0.15, 0.2) is 24.3 Å². The molecule has 45 heavy (non-hydrogen) atoms. The largest absolute Gasteiger partial charge is 0.508 e. The molecule has 7 rings (SSSR count). The van der Waals surface area contributed by atoms with E-state index in [1.807, 2.05) is 12.1 Å². The molecule has 1 aromatic rings. The van der Waals surface area contributed by atoms with Gasteiger partial charge in [-0.15, -0.1) is 0 Å². The van der Waals surface area contributed by atoms with Gasteiger partial charge in [0.1, 0.15) is 17.9 Å². The number of carbonyl (C=O) groups excluding carboxylic acids is 2. The van der Waals surface area contributed by atoms with E-state index in [4.69, 9.17) is 4.74 Å². The van der Waals surface area contributed by atoms with Crippen molar-refractivity contribution in [2.24, 2.45) is 52.3 Å². The number of nitrogens with one attached hydrogen (secondary N) is 3. The van der Waals surface area contributed by atoms with Crippen LogP contribution in [-0.2, 0) is 20.7 Å². The predicted octanol–water partition coefficient (Wildman–Crippen LogP) is 5.95. The fraction of sp³-hybridized carbons (Fsp3) is 0.789. The van der Waals surface area contributed by atoms with Crippen molar-refractivity contribution >= 4 is 11.8 Å². The predicted molar refractivity (Wildman–Crippen MR) is 175 cm³/mol. The summed E-state index contributed by atoms with van der Waals surface area (Å²) >= 11 is 0. The molecular weight excluding hydrogens is 562 g/mol. The van der Waals surface area contributed by atoms with Gasteiger partial charge in [-0.3, -0.25) is 14.9 Å². The Morgan fingerprint density at radius 1 is 0.933 bits per heavy atom. The van der Waals surface area contributed by atoms with Gasteiger partial charge in [-0.05, 0) is 135 Å². The van der Waals surface area contributed by atoms with Crippen molar-refractivity contribution in [3.63, 3.8) is 0 Å². The third-order valence-electron chi connectivity index (χ3n) is 14.5. The summed E-state index contributed by atoms with van der Waals surface area (Å²) in [4.78, 5) is 25.3. The molecule has 12 atom stereocenters. The average molecular weight is 620 g/mol. The molecule has 1 spiro atoms. The second-order valence-electron chi connectivity index (χ2n) is 16.8. The number of hydrogen-bond donors (Lipinski definition) is 4. The Kier molecular flexibility index (Phi) is 8.28. The Hall–Kier alpha value is -2.12. The monoisotopic (exact) mass is 619 g/mol. The van der Waals surface area contributed by atoms with Crippen LogP contribution in [0.5, 0.6) is 5.75 Å². The summed E-state index contributed by atoms with van der Waals surface area (Å²) in [6, 6.07) is 7.17. The van der Waals surface area contributed by atoms with E-state index in [2.05, 4.69) is 43.6 Å². The number of aromatic hydroxyl groups is 1. The van der Waals surface area contributed by atoms with Crippen molar-refractivity contribution < 1.29 is 19.4 Å². The lowest BCUT2D eigenvalue weighted by Gasteiger charge is -2.61. The van der Waals surface area contributed by atoms with Gasteiger partial charge in [0.2, 0.25) is 11.8 Å². The fourth-order valence-electron chi connectivity index (χ4n) is 12.1. The fourth-order valence-corrected chi connectivity index (χ4v) is 12.1. The molecule has 1 aromatic carbocycles. The normalized spacial score (nSPS) is 45.2. The maximum atomic E-state index is 12.9. The Labute approximate surface area is 270 Å². The lowest BCUT2D eigenvalue weighted by Crippen LogP contribution is -2.58. The molecule has 0 aromatic heterocycles. The Bertz CT molecular complexity index is 1260. The highest BCUT2D eigenvalue weighted by atomic mass is 16.5. The van der Waals surface area contributed by atoms with Crippen LogP contribution in [0.2, 0.25) is 0 Å². The molecule has 4 N–H and O–H groups in total. The number of hydrogen-bond acceptors (Lipinski definition) is 5. The van der Waals surface area contributed by atoms with Gasteiger partial charge >= 0.3 is 0 Å². The van der Waals surface area contributed by atoms with Crippen molar-refractivity contribution in [2.75, 3.05) is 13.1 Å². The van der Waals surface area contributed by atoms with Crippen LogP contribution in [0.1, 0.15) is 104 Å². The van der Waals surface area contributed by atoms with Gasteiger partial charge in [-0.1, -0.05) is 39.8 Å². The molecule has 4 saturated carbocycles. The number of fused-ring (bicyclic) bond motifs is 7. The summed E-state index contributed by atoms with van der Waals surface area (Å²) in [6.45, 7) is 11.7. The minimum atomic E-state index is -0.225. The van der Waals surface area contributed by atoms with Crippen LogP contribution in [0.25, 0.3) is 0 Å². The molecule has 6 fully saturated rings. The van der Waals surface area contributed by atoms with Crippen LogP contribution < -0.4 is 16.0 Å². The van der Waals surface area contributed by atoms with E-state index in [9.17, 15) is 14.7 Å². The Morgan fingerprint density at radius 2 is 1.71 bits per heavy atom. The lowest BCUT2D eigenvalue weighted by molar-refractivity contribution is -0.137. The molecule has 2 amide bonds. The smallest absolute Gasteiger partial charge is 0.229 e. The average Bonchev–Trinajstić information content (AvgIpc) is 3.45. The molecule has 0 bridgehead atoms. The third-order valence-corrected chi connectivity index (χ3v) is 14.5. The van der Waals surface area contributed by atoms with E-state index in [1.165, 1.54) is 44.9 Å². The van der Waals surface area contributed by atoms with Crippen LogP contribution >= 0.6 is 0 Å². The van der Waals surface area contributed by atoms with E-state index in [-0.39, 0.29) is 35.8 Å². The highest BCUT2D eigenvalue weighted by Gasteiger charge is 2.68. The van der Waals surface area contributed by atoms with Crippen LogP contribution in [-0.4, -0.2) is 47.9 Å². The third kappa shape index (κ3) is 5.52. The first-order chi connectivity index (χ1) is 21.5. The standard InChI is InChI=1S/C38H57N3O4/c1-23-11-17-38(40-22-23)24(2)35-32(45-38)20-31-29-10-7-26-19-27(12-15-36(26,3)30(29)13-16-37(31,35)4)41-34(44)21-33(43)39-18-14-25-5-8-28(42)9-6-25/h5-6,8-9,23-24,26-27,29-32,35,40,42H,7,10-22H2,1-4H3,(H,39,43)(H,41,44)/t23-,24+,26-,27+,29-,30+,31+,32+,35+,36+,37+,38-/m1/s1. The number of rotatable bonds is 6. The summed E-state index contributed by atoms with van der Waals surface area (Å²) < 4.78 is 7.08. The number of phenolic OH excluding ortho intramolecular Hbond substituents is 1. The zero-order valence-electron chi connectivity index (χ0n) is 28.1.